The minimum absolute atomic E-state index is 0.00176. The average molecular weight is 154 g/mol. The number of Topliss-reactive ketones (excluding diaryl/α,β-unsaturated/α-hetero) is 2. The van der Waals surface area contributed by atoms with Crippen molar-refractivity contribution >= 4 is 11.6 Å². The Bertz CT molecular complexity index is 166. The Labute approximate surface area is 67.0 Å². The molecular weight excluding hydrogens is 140 g/mol. The number of rotatable bonds is 3. The Morgan fingerprint density at radius 3 is 2.27 bits per heavy atom. The first-order valence-electron chi connectivity index (χ1n) is 4.22. The van der Waals surface area contributed by atoms with Crippen LogP contribution in [-0.4, -0.2) is 11.6 Å². The van der Waals surface area contributed by atoms with Crippen LogP contribution < -0.4 is 0 Å². The first-order valence-corrected chi connectivity index (χ1v) is 4.22. The highest BCUT2D eigenvalue weighted by Gasteiger charge is 2.22. The van der Waals surface area contributed by atoms with Crippen molar-refractivity contribution in [3.63, 3.8) is 0 Å². The van der Waals surface area contributed by atoms with Gasteiger partial charge in [-0.3, -0.25) is 9.59 Å². The van der Waals surface area contributed by atoms with Crippen LogP contribution in [0.4, 0.5) is 0 Å². The van der Waals surface area contributed by atoms with Crippen molar-refractivity contribution in [2.24, 2.45) is 5.92 Å². The molecule has 0 spiro atoms. The van der Waals surface area contributed by atoms with Crippen LogP contribution in [0.3, 0.4) is 0 Å². The lowest BCUT2D eigenvalue weighted by molar-refractivity contribution is -0.128. The van der Waals surface area contributed by atoms with Crippen molar-refractivity contribution in [3.05, 3.63) is 0 Å². The molecule has 0 aromatic rings. The second kappa shape index (κ2) is 3.65. The monoisotopic (exact) mass is 154 g/mol. The molecule has 0 heterocycles. The summed E-state index contributed by atoms with van der Waals surface area (Å²) in [6, 6.07) is 0. The predicted octanol–water partition coefficient (Wildman–Crippen LogP) is 1.72. The summed E-state index contributed by atoms with van der Waals surface area (Å²) in [6.07, 6.45) is 4.49. The molecule has 0 aliphatic heterocycles. The van der Waals surface area contributed by atoms with Crippen molar-refractivity contribution in [3.8, 4) is 0 Å². The maximum atomic E-state index is 11.2. The van der Waals surface area contributed by atoms with Crippen LogP contribution in [-0.2, 0) is 9.59 Å². The van der Waals surface area contributed by atoms with E-state index in [0.29, 0.717) is 0 Å². The molecule has 0 bridgehead atoms. The maximum absolute atomic E-state index is 11.2. The van der Waals surface area contributed by atoms with Crippen LogP contribution in [0.5, 0.6) is 0 Å². The summed E-state index contributed by atoms with van der Waals surface area (Å²) in [7, 11) is 0. The number of ketones is 2. The fraction of sp³-hybridized carbons (Fsp3) is 0.778. The predicted molar refractivity (Wildman–Crippen MR) is 42.3 cm³/mol. The van der Waals surface area contributed by atoms with E-state index < -0.39 is 0 Å². The lowest BCUT2D eigenvalue weighted by Crippen LogP contribution is -2.13. The Morgan fingerprint density at radius 1 is 1.27 bits per heavy atom. The summed E-state index contributed by atoms with van der Waals surface area (Å²) in [6.45, 7) is 1.48. The Morgan fingerprint density at radius 2 is 1.82 bits per heavy atom. The van der Waals surface area contributed by atoms with Crippen LogP contribution in [0.2, 0.25) is 0 Å². The van der Waals surface area contributed by atoms with Gasteiger partial charge in [0.1, 0.15) is 11.6 Å². The summed E-state index contributed by atoms with van der Waals surface area (Å²) in [4.78, 5) is 21.8. The molecule has 0 amide bonds. The quantitative estimate of drug-likeness (QED) is 0.580. The van der Waals surface area contributed by atoms with E-state index in [4.69, 9.17) is 0 Å². The largest absolute Gasteiger partial charge is 0.300 e. The Hall–Kier alpha value is -0.660. The summed E-state index contributed by atoms with van der Waals surface area (Å²) >= 11 is 0. The molecule has 62 valence electrons. The lowest BCUT2D eigenvalue weighted by atomic mass is 9.99. The number of carbonyl (C=O) groups is 2. The standard InChI is InChI=1S/C9H14O2/c1-7(10)6-9(11)8-4-2-3-5-8/h8H,2-6H2,1H3. The smallest absolute Gasteiger partial charge is 0.143 e. The third-order valence-electron chi connectivity index (χ3n) is 2.23. The van der Waals surface area contributed by atoms with Crippen molar-refractivity contribution in [1.82, 2.24) is 0 Å². The van der Waals surface area contributed by atoms with Gasteiger partial charge in [-0.15, -0.1) is 0 Å². The van der Waals surface area contributed by atoms with Gasteiger partial charge in [-0.05, 0) is 19.8 Å². The number of hydrogen-bond acceptors (Lipinski definition) is 2. The van der Waals surface area contributed by atoms with Crippen molar-refractivity contribution in [1.29, 1.82) is 0 Å². The van der Waals surface area contributed by atoms with E-state index >= 15 is 0 Å². The molecule has 0 aromatic heterocycles. The highest BCUT2D eigenvalue weighted by Crippen LogP contribution is 2.26. The van der Waals surface area contributed by atoms with E-state index in [-0.39, 0.29) is 23.9 Å². The van der Waals surface area contributed by atoms with Gasteiger partial charge < -0.3 is 0 Å². The van der Waals surface area contributed by atoms with Crippen molar-refractivity contribution < 1.29 is 9.59 Å². The molecule has 0 saturated heterocycles. The van der Waals surface area contributed by atoms with Gasteiger partial charge in [-0.25, -0.2) is 0 Å². The molecule has 11 heavy (non-hydrogen) atoms. The van der Waals surface area contributed by atoms with E-state index in [9.17, 15) is 9.59 Å². The van der Waals surface area contributed by atoms with E-state index in [0.717, 1.165) is 25.7 Å². The molecule has 0 aromatic carbocycles. The van der Waals surface area contributed by atoms with Crippen LogP contribution in [0.1, 0.15) is 39.0 Å². The van der Waals surface area contributed by atoms with E-state index in [1.807, 2.05) is 0 Å². The lowest BCUT2D eigenvalue weighted by Gasteiger charge is -2.04. The van der Waals surface area contributed by atoms with Crippen LogP contribution in [0.15, 0.2) is 0 Å². The van der Waals surface area contributed by atoms with E-state index in [2.05, 4.69) is 0 Å². The Kier molecular flexibility index (Phi) is 2.80. The average Bonchev–Trinajstić information content (AvgIpc) is 2.35. The molecule has 1 rings (SSSR count). The van der Waals surface area contributed by atoms with Crippen molar-refractivity contribution in [2.75, 3.05) is 0 Å². The van der Waals surface area contributed by atoms with Gasteiger partial charge in [0.15, 0.2) is 0 Å². The SMILES string of the molecule is CC(=O)CC(=O)C1CCCC1. The zero-order valence-electron chi connectivity index (χ0n) is 6.93. The Balaban J connectivity index is 2.34. The summed E-state index contributed by atoms with van der Waals surface area (Å²) in [5.41, 5.74) is 0. The van der Waals surface area contributed by atoms with Gasteiger partial charge in [0.25, 0.3) is 0 Å². The van der Waals surface area contributed by atoms with Gasteiger partial charge in [0.2, 0.25) is 0 Å². The molecule has 1 aliphatic carbocycles. The van der Waals surface area contributed by atoms with Gasteiger partial charge in [0, 0.05) is 5.92 Å². The van der Waals surface area contributed by atoms with Crippen LogP contribution >= 0.6 is 0 Å². The summed E-state index contributed by atoms with van der Waals surface area (Å²) in [5, 5.41) is 0. The second-order valence-electron chi connectivity index (χ2n) is 3.33. The molecule has 0 N–H and O–H groups in total. The minimum Gasteiger partial charge on any atom is -0.300 e. The highest BCUT2D eigenvalue weighted by molar-refractivity contribution is 5.99. The molecule has 0 radical (unpaired) electrons. The third-order valence-corrected chi connectivity index (χ3v) is 2.23. The zero-order chi connectivity index (χ0) is 8.27. The fourth-order valence-corrected chi connectivity index (χ4v) is 1.64. The summed E-state index contributed by atoms with van der Waals surface area (Å²) < 4.78 is 0. The van der Waals surface area contributed by atoms with Crippen LogP contribution in [0.25, 0.3) is 0 Å². The highest BCUT2D eigenvalue weighted by atomic mass is 16.1. The molecule has 0 atom stereocenters. The molecular formula is C9H14O2. The van der Waals surface area contributed by atoms with Gasteiger partial charge >= 0.3 is 0 Å². The third kappa shape index (κ3) is 2.45. The molecule has 2 nitrogen and oxygen atoms in total. The van der Waals surface area contributed by atoms with E-state index in [1.165, 1.54) is 6.92 Å². The maximum Gasteiger partial charge on any atom is 0.143 e. The van der Waals surface area contributed by atoms with Gasteiger partial charge in [-0.1, -0.05) is 12.8 Å². The summed E-state index contributed by atoms with van der Waals surface area (Å²) in [5.74, 6) is 0.371. The molecule has 1 aliphatic rings. The number of carbonyl (C=O) groups excluding carboxylic acids is 2. The van der Waals surface area contributed by atoms with Crippen molar-refractivity contribution in [2.45, 2.75) is 39.0 Å². The molecule has 0 unspecified atom stereocenters. The van der Waals surface area contributed by atoms with Gasteiger partial charge in [-0.2, -0.15) is 0 Å². The first-order chi connectivity index (χ1) is 5.20. The minimum atomic E-state index is 0.00176. The zero-order valence-corrected chi connectivity index (χ0v) is 6.93. The second-order valence-corrected chi connectivity index (χ2v) is 3.33. The van der Waals surface area contributed by atoms with Crippen LogP contribution in [0, 0.1) is 5.92 Å². The molecule has 2 heteroatoms. The normalized spacial score (nSPS) is 18.6. The van der Waals surface area contributed by atoms with E-state index in [1.54, 1.807) is 0 Å². The fourth-order valence-electron chi connectivity index (χ4n) is 1.64. The first kappa shape index (κ1) is 8.44. The molecule has 1 saturated carbocycles. The molecule has 1 fully saturated rings. The van der Waals surface area contributed by atoms with Gasteiger partial charge in [0.05, 0.1) is 6.42 Å². The topological polar surface area (TPSA) is 34.1 Å². The number of hydrogen-bond donors (Lipinski definition) is 0.